The van der Waals surface area contributed by atoms with Gasteiger partial charge in [-0.2, -0.15) is 0 Å². The van der Waals surface area contributed by atoms with Crippen LogP contribution >= 0.6 is 0 Å². The van der Waals surface area contributed by atoms with Gasteiger partial charge in [0.2, 0.25) is 5.95 Å². The molecule has 2 aromatic heterocycles. The highest BCUT2D eigenvalue weighted by atomic mass is 19.1. The smallest absolute Gasteiger partial charge is 0.225 e. The van der Waals surface area contributed by atoms with Crippen molar-refractivity contribution in [2.45, 2.75) is 19.5 Å². The number of benzene rings is 1. The molecule has 4 heterocycles. The third-order valence-electron chi connectivity index (χ3n) is 5.83. The van der Waals surface area contributed by atoms with Crippen molar-refractivity contribution in [1.29, 1.82) is 0 Å². The van der Waals surface area contributed by atoms with E-state index in [1.807, 2.05) is 30.6 Å². The molecule has 1 saturated heterocycles. The number of pyridine rings is 1. The topological polar surface area (TPSA) is 48.4 Å². The SMILES string of the molecule is Fc1cccc(CN2CCc3nc(N4CCN(c5ccccn5)CC4)ncc3C2)c1. The molecular weight excluding hydrogens is 379 g/mol. The number of nitrogens with zero attached hydrogens (tertiary/aromatic N) is 6. The zero-order chi connectivity index (χ0) is 20.3. The lowest BCUT2D eigenvalue weighted by molar-refractivity contribution is 0.242. The highest BCUT2D eigenvalue weighted by molar-refractivity contribution is 5.42. The van der Waals surface area contributed by atoms with Crippen molar-refractivity contribution in [1.82, 2.24) is 19.9 Å². The monoisotopic (exact) mass is 404 g/mol. The van der Waals surface area contributed by atoms with Crippen LogP contribution in [0.1, 0.15) is 16.8 Å². The molecule has 1 aromatic carbocycles. The molecule has 154 valence electrons. The van der Waals surface area contributed by atoms with Crippen molar-refractivity contribution in [3.05, 3.63) is 77.5 Å². The van der Waals surface area contributed by atoms with Gasteiger partial charge in [0.25, 0.3) is 0 Å². The predicted octanol–water partition coefficient (Wildman–Crippen LogP) is 2.90. The number of fused-ring (bicyclic) bond motifs is 1. The molecular formula is C23H25FN6. The second kappa shape index (κ2) is 8.36. The summed E-state index contributed by atoms with van der Waals surface area (Å²) in [5.41, 5.74) is 3.32. The van der Waals surface area contributed by atoms with Crippen LogP contribution in [0.3, 0.4) is 0 Å². The van der Waals surface area contributed by atoms with Crippen LogP contribution in [0.5, 0.6) is 0 Å². The summed E-state index contributed by atoms with van der Waals surface area (Å²) in [5.74, 6) is 1.68. The van der Waals surface area contributed by atoms with Crippen molar-refractivity contribution in [3.8, 4) is 0 Å². The molecule has 7 heteroatoms. The van der Waals surface area contributed by atoms with E-state index in [4.69, 9.17) is 4.98 Å². The van der Waals surface area contributed by atoms with Crippen molar-refractivity contribution >= 4 is 11.8 Å². The third-order valence-corrected chi connectivity index (χ3v) is 5.83. The van der Waals surface area contributed by atoms with E-state index in [1.165, 1.54) is 11.6 Å². The van der Waals surface area contributed by atoms with Gasteiger partial charge >= 0.3 is 0 Å². The first kappa shape index (κ1) is 18.9. The summed E-state index contributed by atoms with van der Waals surface area (Å²) in [5, 5.41) is 0. The maximum atomic E-state index is 13.5. The lowest BCUT2D eigenvalue weighted by atomic mass is 10.1. The Morgan fingerprint density at radius 1 is 0.900 bits per heavy atom. The Balaban J connectivity index is 1.22. The summed E-state index contributed by atoms with van der Waals surface area (Å²) >= 11 is 0. The summed E-state index contributed by atoms with van der Waals surface area (Å²) in [6.45, 7) is 6.08. The average Bonchev–Trinajstić information content (AvgIpc) is 2.79. The Morgan fingerprint density at radius 2 is 1.77 bits per heavy atom. The van der Waals surface area contributed by atoms with Crippen LogP contribution in [-0.2, 0) is 19.5 Å². The average molecular weight is 404 g/mol. The van der Waals surface area contributed by atoms with Crippen LogP contribution in [0, 0.1) is 5.82 Å². The fourth-order valence-corrected chi connectivity index (χ4v) is 4.22. The van der Waals surface area contributed by atoms with Crippen LogP contribution in [0.15, 0.2) is 54.9 Å². The number of halogens is 1. The van der Waals surface area contributed by atoms with Crippen molar-refractivity contribution < 1.29 is 4.39 Å². The van der Waals surface area contributed by atoms with E-state index in [1.54, 1.807) is 12.1 Å². The van der Waals surface area contributed by atoms with Crippen molar-refractivity contribution in [2.24, 2.45) is 0 Å². The summed E-state index contributed by atoms with van der Waals surface area (Å²) in [6.07, 6.45) is 4.71. The third kappa shape index (κ3) is 4.11. The van der Waals surface area contributed by atoms with Gasteiger partial charge in [-0.15, -0.1) is 0 Å². The van der Waals surface area contributed by atoms with E-state index in [9.17, 15) is 4.39 Å². The molecule has 2 aliphatic heterocycles. The second-order valence-corrected chi connectivity index (χ2v) is 7.89. The lowest BCUT2D eigenvalue weighted by Gasteiger charge is -2.36. The normalized spacial score (nSPS) is 17.1. The molecule has 5 rings (SSSR count). The molecule has 30 heavy (non-hydrogen) atoms. The first-order valence-corrected chi connectivity index (χ1v) is 10.5. The van der Waals surface area contributed by atoms with E-state index in [0.717, 1.165) is 75.3 Å². The molecule has 3 aromatic rings. The molecule has 0 atom stereocenters. The highest BCUT2D eigenvalue weighted by Gasteiger charge is 2.23. The molecule has 0 N–H and O–H groups in total. The van der Waals surface area contributed by atoms with Gasteiger partial charge in [-0.25, -0.2) is 19.3 Å². The maximum absolute atomic E-state index is 13.5. The zero-order valence-electron chi connectivity index (χ0n) is 16.9. The Kier molecular flexibility index (Phi) is 5.27. The van der Waals surface area contributed by atoms with E-state index in [-0.39, 0.29) is 5.82 Å². The minimum absolute atomic E-state index is 0.180. The molecule has 2 aliphatic rings. The highest BCUT2D eigenvalue weighted by Crippen LogP contribution is 2.22. The minimum atomic E-state index is -0.180. The maximum Gasteiger partial charge on any atom is 0.225 e. The van der Waals surface area contributed by atoms with Crippen molar-refractivity contribution in [3.63, 3.8) is 0 Å². The molecule has 0 saturated carbocycles. The molecule has 1 fully saturated rings. The Morgan fingerprint density at radius 3 is 2.57 bits per heavy atom. The Hall–Kier alpha value is -3.06. The first-order valence-electron chi connectivity index (χ1n) is 10.5. The van der Waals surface area contributed by atoms with Gasteiger partial charge in [-0.1, -0.05) is 18.2 Å². The molecule has 0 aliphatic carbocycles. The summed E-state index contributed by atoms with van der Waals surface area (Å²) in [6, 6.07) is 12.9. The van der Waals surface area contributed by atoms with Crippen LogP contribution in [0.4, 0.5) is 16.2 Å². The molecule has 0 radical (unpaired) electrons. The van der Waals surface area contributed by atoms with Crippen LogP contribution in [-0.4, -0.2) is 52.6 Å². The molecule has 0 unspecified atom stereocenters. The van der Waals surface area contributed by atoms with Gasteiger partial charge < -0.3 is 9.80 Å². The molecule has 6 nitrogen and oxygen atoms in total. The van der Waals surface area contributed by atoms with Gasteiger partial charge in [-0.3, -0.25) is 4.90 Å². The zero-order valence-corrected chi connectivity index (χ0v) is 16.9. The number of hydrogen-bond acceptors (Lipinski definition) is 6. The van der Waals surface area contributed by atoms with Crippen molar-refractivity contribution in [2.75, 3.05) is 42.5 Å². The lowest BCUT2D eigenvalue weighted by Crippen LogP contribution is -2.47. The number of aromatic nitrogens is 3. The quantitative estimate of drug-likeness (QED) is 0.667. The number of hydrogen-bond donors (Lipinski definition) is 0. The number of rotatable bonds is 4. The fourth-order valence-electron chi connectivity index (χ4n) is 4.22. The predicted molar refractivity (Wildman–Crippen MR) is 115 cm³/mol. The number of anilines is 2. The van der Waals surface area contributed by atoms with E-state index >= 15 is 0 Å². The van der Waals surface area contributed by atoms with Gasteiger partial charge in [0.05, 0.1) is 5.69 Å². The minimum Gasteiger partial charge on any atom is -0.353 e. The van der Waals surface area contributed by atoms with Gasteiger partial charge in [0, 0.05) is 70.2 Å². The van der Waals surface area contributed by atoms with E-state index < -0.39 is 0 Å². The van der Waals surface area contributed by atoms with Crippen LogP contribution in [0.2, 0.25) is 0 Å². The standard InChI is InChI=1S/C23H25FN6/c24-20-5-3-4-18(14-20)16-28-9-7-21-19(17-28)15-26-23(27-21)30-12-10-29(11-13-30)22-6-1-2-8-25-22/h1-6,8,14-15H,7,9-13,16-17H2. The Labute approximate surface area is 176 Å². The summed E-state index contributed by atoms with van der Waals surface area (Å²) in [7, 11) is 0. The van der Waals surface area contributed by atoms with E-state index in [2.05, 4.69) is 30.7 Å². The number of piperazine rings is 1. The van der Waals surface area contributed by atoms with Gasteiger partial charge in [-0.05, 0) is 29.8 Å². The first-order chi connectivity index (χ1) is 14.7. The molecule has 0 bridgehead atoms. The van der Waals surface area contributed by atoms with Gasteiger partial charge in [0.15, 0.2) is 0 Å². The molecule has 0 spiro atoms. The van der Waals surface area contributed by atoms with E-state index in [0.29, 0.717) is 0 Å². The van der Waals surface area contributed by atoms with Crippen LogP contribution in [0.25, 0.3) is 0 Å². The fraction of sp³-hybridized carbons (Fsp3) is 0.348. The summed E-state index contributed by atoms with van der Waals surface area (Å²) in [4.78, 5) is 20.9. The van der Waals surface area contributed by atoms with Gasteiger partial charge in [0.1, 0.15) is 11.6 Å². The second-order valence-electron chi connectivity index (χ2n) is 7.89. The Bertz CT molecular complexity index is 1000. The largest absolute Gasteiger partial charge is 0.353 e. The van der Waals surface area contributed by atoms with Crippen LogP contribution < -0.4 is 9.80 Å². The molecule has 0 amide bonds. The summed E-state index contributed by atoms with van der Waals surface area (Å²) < 4.78 is 13.5.